The molecule has 1 aromatic heterocycles. The summed E-state index contributed by atoms with van der Waals surface area (Å²) in [6.07, 6.45) is 7.77. The number of nitrogens with two attached hydrogens (primary N) is 1. The number of fused-ring (bicyclic) bond motifs is 3. The topological polar surface area (TPSA) is 130 Å². The molecule has 2 heterocycles. The van der Waals surface area contributed by atoms with Crippen LogP contribution in [0, 0.1) is 11.2 Å². The van der Waals surface area contributed by atoms with E-state index in [1.807, 2.05) is 45.0 Å². The van der Waals surface area contributed by atoms with Gasteiger partial charge < -0.3 is 26.4 Å². The van der Waals surface area contributed by atoms with Gasteiger partial charge in [0.15, 0.2) is 0 Å². The number of aromatic nitrogens is 1. The number of rotatable bonds is 9. The summed E-state index contributed by atoms with van der Waals surface area (Å²) in [4.78, 5) is 37.4. The Morgan fingerprint density at radius 2 is 1.72 bits per heavy atom. The van der Waals surface area contributed by atoms with E-state index < -0.39 is 12.0 Å². The van der Waals surface area contributed by atoms with Gasteiger partial charge in [0.2, 0.25) is 5.91 Å². The Bertz CT molecular complexity index is 1510. The van der Waals surface area contributed by atoms with Crippen LogP contribution in [0.15, 0.2) is 36.4 Å². The lowest BCUT2D eigenvalue weighted by Gasteiger charge is -2.36. The van der Waals surface area contributed by atoms with E-state index in [4.69, 9.17) is 10.8 Å². The number of nitrogens with one attached hydrogen (secondary N) is 2. The molecule has 252 valence electrons. The van der Waals surface area contributed by atoms with Crippen molar-refractivity contribution in [3.05, 3.63) is 53.5 Å². The van der Waals surface area contributed by atoms with Gasteiger partial charge in [-0.3, -0.25) is 14.2 Å². The van der Waals surface area contributed by atoms with Gasteiger partial charge in [0.25, 0.3) is 5.91 Å². The summed E-state index contributed by atoms with van der Waals surface area (Å²) in [6.45, 7) is 9.51. The minimum absolute atomic E-state index is 0.0195. The predicted octanol–water partition coefficient (Wildman–Crippen LogP) is 7.53. The van der Waals surface area contributed by atoms with Crippen LogP contribution in [0.4, 0.5) is 14.9 Å². The normalized spacial score (nSPS) is 15.7. The van der Waals surface area contributed by atoms with Crippen molar-refractivity contribution in [1.29, 1.82) is 0 Å². The van der Waals surface area contributed by atoms with Crippen molar-refractivity contribution >= 4 is 34.5 Å². The van der Waals surface area contributed by atoms with Crippen molar-refractivity contribution in [2.75, 3.05) is 32.5 Å². The Morgan fingerprint density at radius 3 is 2.30 bits per heavy atom. The van der Waals surface area contributed by atoms with E-state index in [0.717, 1.165) is 66.5 Å². The number of carbonyl (C=O) groups excluding carboxylic acids is 2. The van der Waals surface area contributed by atoms with Gasteiger partial charge in [0, 0.05) is 47.9 Å². The molecular formula is C36H52FN5O4. The molecule has 0 spiro atoms. The Morgan fingerprint density at radius 1 is 1.04 bits per heavy atom. The van der Waals surface area contributed by atoms with Crippen molar-refractivity contribution < 1.29 is 23.9 Å². The third-order valence-electron chi connectivity index (χ3n) is 9.22. The number of hydrogen-bond acceptors (Lipinski definition) is 5. The van der Waals surface area contributed by atoms with Crippen molar-refractivity contribution in [3.63, 3.8) is 0 Å². The molecule has 5 N–H and O–H groups in total. The van der Waals surface area contributed by atoms with E-state index in [9.17, 15) is 18.8 Å². The number of halogens is 1. The van der Waals surface area contributed by atoms with Gasteiger partial charge >= 0.3 is 6.09 Å². The van der Waals surface area contributed by atoms with Crippen LogP contribution in [-0.4, -0.2) is 65.7 Å². The predicted molar refractivity (Wildman–Crippen MR) is 184 cm³/mol. The van der Waals surface area contributed by atoms with Crippen LogP contribution in [0.3, 0.4) is 0 Å². The summed E-state index contributed by atoms with van der Waals surface area (Å²) >= 11 is 0. The molecule has 2 aromatic carbocycles. The van der Waals surface area contributed by atoms with Gasteiger partial charge in [-0.15, -0.1) is 0 Å². The lowest BCUT2D eigenvalue weighted by Crippen LogP contribution is -2.35. The number of amides is 2. The highest BCUT2D eigenvalue weighted by Crippen LogP contribution is 2.46. The lowest BCUT2D eigenvalue weighted by atomic mass is 9.72. The molecule has 9 nitrogen and oxygen atoms in total. The minimum Gasteiger partial charge on any atom is -0.465 e. The Balaban J connectivity index is 0.000000454. The molecule has 46 heavy (non-hydrogen) atoms. The van der Waals surface area contributed by atoms with Crippen LogP contribution in [0.25, 0.3) is 22.0 Å². The fourth-order valence-electron chi connectivity index (χ4n) is 6.54. The Kier molecular flexibility index (Phi) is 13.2. The number of carbonyl (C=O) groups is 3. The first kappa shape index (κ1) is 36.5. The van der Waals surface area contributed by atoms with Gasteiger partial charge in [-0.2, -0.15) is 0 Å². The second-order valence-electron chi connectivity index (χ2n) is 12.4. The van der Waals surface area contributed by atoms with Gasteiger partial charge in [0.05, 0.1) is 11.1 Å². The summed E-state index contributed by atoms with van der Waals surface area (Å²) in [6, 6.07) is 10.7. The van der Waals surface area contributed by atoms with Crippen LogP contribution >= 0.6 is 0 Å². The molecule has 0 saturated heterocycles. The van der Waals surface area contributed by atoms with Gasteiger partial charge in [-0.05, 0) is 87.5 Å². The Labute approximate surface area is 272 Å². The number of likely N-dealkylation sites (N-methyl/N-ethyl adjacent to an activating group) is 1. The van der Waals surface area contributed by atoms with Crippen LogP contribution < -0.4 is 16.4 Å². The van der Waals surface area contributed by atoms with E-state index in [0.29, 0.717) is 30.1 Å². The zero-order valence-electron chi connectivity index (χ0n) is 28.3. The van der Waals surface area contributed by atoms with Crippen LogP contribution in [0.2, 0.25) is 0 Å². The van der Waals surface area contributed by atoms with E-state index in [-0.39, 0.29) is 17.1 Å². The standard InChI is InChI=1S/C29H34FN3O2.C5H12N2O2.C2H6/c1-3-29(4-2)16-25-27(22-13-11-19(30)15-24(22)33(25)26(34)17-29)18-10-12-21(28(31)35)23(14-18)32-20-8-6-5-7-9-20;1-7(2)4-3-6-5(8)9;1-2/h10-15,20,32H,3-9,16-17H2,1-2H3,(H2,31,35);6H,3-4H2,1-2H3,(H,8,9);1-2H3. The van der Waals surface area contributed by atoms with Crippen molar-refractivity contribution in [3.8, 4) is 11.1 Å². The number of hydrogen-bond donors (Lipinski definition) is 4. The fraction of sp³-hybridized carbons (Fsp3) is 0.528. The number of benzene rings is 2. The average Bonchev–Trinajstić information content (AvgIpc) is 3.35. The average molecular weight is 638 g/mol. The molecule has 1 saturated carbocycles. The highest BCUT2D eigenvalue weighted by molar-refractivity contribution is 6.06. The zero-order chi connectivity index (χ0) is 34.0. The molecule has 0 bridgehead atoms. The second-order valence-corrected chi connectivity index (χ2v) is 12.4. The summed E-state index contributed by atoms with van der Waals surface area (Å²) in [5.74, 6) is -0.804. The molecule has 0 radical (unpaired) electrons. The zero-order valence-corrected chi connectivity index (χ0v) is 28.3. The molecule has 0 unspecified atom stereocenters. The largest absolute Gasteiger partial charge is 0.465 e. The maximum absolute atomic E-state index is 14.3. The molecule has 1 aliphatic carbocycles. The Hall–Kier alpha value is -3.92. The highest BCUT2D eigenvalue weighted by Gasteiger charge is 2.39. The monoisotopic (exact) mass is 637 g/mol. The molecular weight excluding hydrogens is 585 g/mol. The van der Waals surface area contributed by atoms with Gasteiger partial charge in [-0.1, -0.05) is 53.0 Å². The maximum Gasteiger partial charge on any atom is 0.404 e. The van der Waals surface area contributed by atoms with Crippen LogP contribution in [0.5, 0.6) is 0 Å². The molecule has 10 heteroatoms. The van der Waals surface area contributed by atoms with Crippen molar-refractivity contribution in [1.82, 2.24) is 14.8 Å². The van der Waals surface area contributed by atoms with Gasteiger partial charge in [-0.25, -0.2) is 9.18 Å². The smallest absolute Gasteiger partial charge is 0.404 e. The summed E-state index contributed by atoms with van der Waals surface area (Å²) in [7, 11) is 3.78. The first-order valence-electron chi connectivity index (χ1n) is 16.7. The van der Waals surface area contributed by atoms with E-state index >= 15 is 0 Å². The second kappa shape index (κ2) is 16.6. The fourth-order valence-corrected chi connectivity index (χ4v) is 6.54. The van der Waals surface area contributed by atoms with Crippen molar-refractivity contribution in [2.45, 2.75) is 91.5 Å². The lowest BCUT2D eigenvalue weighted by molar-refractivity contribution is 0.0769. The van der Waals surface area contributed by atoms with Crippen molar-refractivity contribution in [2.24, 2.45) is 11.1 Å². The van der Waals surface area contributed by atoms with E-state index in [1.54, 1.807) is 16.7 Å². The summed E-state index contributed by atoms with van der Waals surface area (Å²) in [5, 5.41) is 14.8. The number of anilines is 1. The maximum atomic E-state index is 14.3. The quantitative estimate of drug-likeness (QED) is 0.192. The molecule has 0 atom stereocenters. The van der Waals surface area contributed by atoms with Crippen LogP contribution in [0.1, 0.15) is 99.9 Å². The number of carboxylic acid groups (broad SMARTS) is 1. The van der Waals surface area contributed by atoms with E-state index in [2.05, 4.69) is 24.5 Å². The van der Waals surface area contributed by atoms with E-state index in [1.165, 1.54) is 31.4 Å². The SMILES string of the molecule is CC.CCC1(CC)CC(=O)n2c(c(-c3ccc(C(N)=O)c(NC4CCCCC4)c3)c3ccc(F)cc32)C1.CN(C)CCNC(=O)O. The first-order chi connectivity index (χ1) is 22.0. The number of primary amides is 1. The summed E-state index contributed by atoms with van der Waals surface area (Å²) < 4.78 is 16.0. The molecule has 3 aromatic rings. The highest BCUT2D eigenvalue weighted by atomic mass is 19.1. The summed E-state index contributed by atoms with van der Waals surface area (Å²) in [5.41, 5.74) is 10.2. The third-order valence-corrected chi connectivity index (χ3v) is 9.22. The molecule has 1 fully saturated rings. The van der Waals surface area contributed by atoms with Crippen LogP contribution in [-0.2, 0) is 6.42 Å². The number of nitrogens with zero attached hydrogens (tertiary/aromatic N) is 2. The van der Waals surface area contributed by atoms with Gasteiger partial charge in [0.1, 0.15) is 5.82 Å². The third kappa shape index (κ3) is 8.66. The first-order valence-corrected chi connectivity index (χ1v) is 16.7. The molecule has 2 aliphatic rings. The molecule has 1 aliphatic heterocycles. The molecule has 5 rings (SSSR count). The minimum atomic E-state index is -0.961. The molecule has 2 amide bonds.